The molecular formula is C12H12N2O3. The average molecular weight is 232 g/mol. The van der Waals surface area contributed by atoms with E-state index in [4.69, 9.17) is 14.0 Å². The summed E-state index contributed by atoms with van der Waals surface area (Å²) in [6, 6.07) is 5.80. The number of benzene rings is 1. The van der Waals surface area contributed by atoms with Crippen LogP contribution < -0.4 is 14.8 Å². The smallest absolute Gasteiger partial charge is 0.163 e. The molecule has 0 saturated heterocycles. The van der Waals surface area contributed by atoms with Gasteiger partial charge in [0.15, 0.2) is 11.5 Å². The van der Waals surface area contributed by atoms with Crippen LogP contribution in [0.4, 0.5) is 5.69 Å². The van der Waals surface area contributed by atoms with E-state index in [1.165, 1.54) is 0 Å². The monoisotopic (exact) mass is 232 g/mol. The van der Waals surface area contributed by atoms with Gasteiger partial charge in [-0.15, -0.1) is 0 Å². The van der Waals surface area contributed by atoms with Crippen molar-refractivity contribution in [1.29, 1.82) is 0 Å². The average Bonchev–Trinajstić information content (AvgIpc) is 2.89. The maximum Gasteiger partial charge on any atom is 0.163 e. The number of rotatable bonds is 3. The quantitative estimate of drug-likeness (QED) is 0.877. The highest BCUT2D eigenvalue weighted by Gasteiger charge is 2.11. The van der Waals surface area contributed by atoms with Gasteiger partial charge in [0.2, 0.25) is 0 Å². The Bertz CT molecular complexity index is 496. The minimum Gasteiger partial charge on any atom is -0.486 e. The molecule has 0 unspecified atom stereocenters. The summed E-state index contributed by atoms with van der Waals surface area (Å²) >= 11 is 0. The number of nitrogens with zero attached hydrogens (tertiary/aromatic N) is 1. The first-order valence-electron chi connectivity index (χ1n) is 5.43. The van der Waals surface area contributed by atoms with Crippen LogP contribution in [-0.2, 0) is 6.54 Å². The van der Waals surface area contributed by atoms with E-state index in [-0.39, 0.29) is 0 Å². The van der Waals surface area contributed by atoms with Crippen molar-refractivity contribution in [3.63, 3.8) is 0 Å². The predicted molar refractivity (Wildman–Crippen MR) is 61.3 cm³/mol. The topological polar surface area (TPSA) is 56.5 Å². The van der Waals surface area contributed by atoms with Crippen molar-refractivity contribution in [2.45, 2.75) is 6.54 Å². The number of nitrogens with one attached hydrogen (secondary N) is 1. The van der Waals surface area contributed by atoms with E-state index in [1.807, 2.05) is 18.2 Å². The molecule has 2 heterocycles. The first-order chi connectivity index (χ1) is 8.42. The van der Waals surface area contributed by atoms with Crippen LogP contribution in [0, 0.1) is 0 Å². The summed E-state index contributed by atoms with van der Waals surface area (Å²) in [5.74, 6) is 1.58. The zero-order chi connectivity index (χ0) is 11.5. The zero-order valence-corrected chi connectivity index (χ0v) is 9.18. The van der Waals surface area contributed by atoms with Crippen molar-refractivity contribution in [1.82, 2.24) is 5.16 Å². The summed E-state index contributed by atoms with van der Waals surface area (Å²) in [6.45, 7) is 1.88. The summed E-state index contributed by atoms with van der Waals surface area (Å²) in [5.41, 5.74) is 1.98. The van der Waals surface area contributed by atoms with E-state index in [2.05, 4.69) is 10.5 Å². The molecule has 3 rings (SSSR count). The van der Waals surface area contributed by atoms with Crippen molar-refractivity contribution >= 4 is 5.69 Å². The lowest BCUT2D eigenvalue weighted by Gasteiger charge is -2.19. The molecule has 2 aromatic rings. The van der Waals surface area contributed by atoms with E-state index >= 15 is 0 Å². The van der Waals surface area contributed by atoms with Gasteiger partial charge in [-0.2, -0.15) is 0 Å². The molecule has 1 aromatic heterocycles. The van der Waals surface area contributed by atoms with Gasteiger partial charge in [0, 0.05) is 23.9 Å². The molecule has 88 valence electrons. The molecule has 0 atom stereocenters. The van der Waals surface area contributed by atoms with E-state index in [9.17, 15) is 0 Å². The van der Waals surface area contributed by atoms with Crippen LogP contribution in [0.2, 0.25) is 0 Å². The maximum atomic E-state index is 5.51. The van der Waals surface area contributed by atoms with Crippen LogP contribution in [0.1, 0.15) is 5.56 Å². The van der Waals surface area contributed by atoms with Gasteiger partial charge in [0.25, 0.3) is 0 Å². The normalized spacial score (nSPS) is 13.4. The molecule has 0 aliphatic carbocycles. The van der Waals surface area contributed by atoms with Crippen LogP contribution in [-0.4, -0.2) is 18.4 Å². The molecule has 0 bridgehead atoms. The maximum absolute atomic E-state index is 5.51. The van der Waals surface area contributed by atoms with E-state index in [0.29, 0.717) is 19.8 Å². The summed E-state index contributed by atoms with van der Waals surface area (Å²) in [5, 5.41) is 6.91. The number of hydrogen-bond acceptors (Lipinski definition) is 5. The van der Waals surface area contributed by atoms with Crippen molar-refractivity contribution < 1.29 is 14.0 Å². The Morgan fingerprint density at radius 3 is 2.88 bits per heavy atom. The van der Waals surface area contributed by atoms with Crippen LogP contribution >= 0.6 is 0 Å². The van der Waals surface area contributed by atoms with Crippen LogP contribution in [0.5, 0.6) is 11.5 Å². The third kappa shape index (κ3) is 2.18. The van der Waals surface area contributed by atoms with Gasteiger partial charge in [0.1, 0.15) is 19.5 Å². The highest BCUT2D eigenvalue weighted by atomic mass is 16.6. The summed E-state index contributed by atoms with van der Waals surface area (Å²) in [4.78, 5) is 0. The Labute approximate surface area is 98.3 Å². The lowest BCUT2D eigenvalue weighted by atomic mass is 10.2. The molecule has 1 aromatic carbocycles. The standard InChI is InChI=1S/C12H12N2O3/c1-2-11-12(16-4-3-15-11)5-10(1)13-6-9-7-14-17-8-9/h1-2,5,7-8,13H,3-4,6H2. The molecule has 1 aliphatic rings. The lowest BCUT2D eigenvalue weighted by molar-refractivity contribution is 0.171. The zero-order valence-electron chi connectivity index (χ0n) is 9.18. The molecule has 1 N–H and O–H groups in total. The minimum absolute atomic E-state index is 0.599. The Hall–Kier alpha value is -2.17. The molecule has 5 heteroatoms. The largest absolute Gasteiger partial charge is 0.486 e. The Morgan fingerprint density at radius 1 is 1.18 bits per heavy atom. The predicted octanol–water partition coefficient (Wildman–Crippen LogP) is 2.06. The van der Waals surface area contributed by atoms with Gasteiger partial charge in [-0.25, -0.2) is 0 Å². The van der Waals surface area contributed by atoms with Gasteiger partial charge in [-0.3, -0.25) is 0 Å². The fraction of sp³-hybridized carbons (Fsp3) is 0.250. The number of ether oxygens (including phenoxy) is 2. The van der Waals surface area contributed by atoms with E-state index < -0.39 is 0 Å². The Kier molecular flexibility index (Phi) is 2.57. The molecule has 17 heavy (non-hydrogen) atoms. The van der Waals surface area contributed by atoms with Crippen LogP contribution in [0.25, 0.3) is 0 Å². The van der Waals surface area contributed by atoms with Crippen LogP contribution in [0.15, 0.2) is 35.2 Å². The second kappa shape index (κ2) is 4.37. The highest BCUT2D eigenvalue weighted by molar-refractivity contribution is 5.55. The molecule has 0 amide bonds. The second-order valence-electron chi connectivity index (χ2n) is 3.74. The summed E-state index contributed by atoms with van der Waals surface area (Å²) in [6.07, 6.45) is 3.30. The molecular weight excluding hydrogens is 220 g/mol. The van der Waals surface area contributed by atoms with Gasteiger partial charge < -0.3 is 19.3 Å². The molecule has 0 radical (unpaired) electrons. The van der Waals surface area contributed by atoms with Crippen LogP contribution in [0.3, 0.4) is 0 Å². The van der Waals surface area contributed by atoms with Crippen molar-refractivity contribution in [3.8, 4) is 11.5 Å². The SMILES string of the molecule is c1nocc1CNc1ccc2c(c1)OCCO2. The summed E-state index contributed by atoms with van der Waals surface area (Å²) < 4.78 is 15.7. The molecule has 0 spiro atoms. The van der Waals surface area contributed by atoms with Crippen molar-refractivity contribution in [3.05, 3.63) is 36.2 Å². The van der Waals surface area contributed by atoms with Gasteiger partial charge in [-0.1, -0.05) is 5.16 Å². The third-order valence-corrected chi connectivity index (χ3v) is 2.52. The van der Waals surface area contributed by atoms with E-state index in [0.717, 1.165) is 22.7 Å². The lowest BCUT2D eigenvalue weighted by Crippen LogP contribution is -2.15. The molecule has 1 aliphatic heterocycles. The fourth-order valence-corrected chi connectivity index (χ4v) is 1.67. The Morgan fingerprint density at radius 2 is 2.06 bits per heavy atom. The molecule has 0 saturated carbocycles. The second-order valence-corrected chi connectivity index (χ2v) is 3.74. The van der Waals surface area contributed by atoms with Gasteiger partial charge in [0.05, 0.1) is 6.20 Å². The van der Waals surface area contributed by atoms with E-state index in [1.54, 1.807) is 12.5 Å². The first kappa shape index (κ1) is 10.0. The fourth-order valence-electron chi connectivity index (χ4n) is 1.67. The third-order valence-electron chi connectivity index (χ3n) is 2.52. The number of hydrogen-bond donors (Lipinski definition) is 1. The number of fused-ring (bicyclic) bond motifs is 1. The van der Waals surface area contributed by atoms with Crippen molar-refractivity contribution in [2.24, 2.45) is 0 Å². The molecule has 0 fully saturated rings. The van der Waals surface area contributed by atoms with Gasteiger partial charge >= 0.3 is 0 Å². The van der Waals surface area contributed by atoms with Gasteiger partial charge in [-0.05, 0) is 12.1 Å². The minimum atomic E-state index is 0.599. The number of anilines is 1. The molecule has 5 nitrogen and oxygen atoms in total. The first-order valence-corrected chi connectivity index (χ1v) is 5.43. The summed E-state index contributed by atoms with van der Waals surface area (Å²) in [7, 11) is 0. The van der Waals surface area contributed by atoms with Crippen molar-refractivity contribution in [2.75, 3.05) is 18.5 Å². The number of aromatic nitrogens is 1. The Balaban J connectivity index is 1.71. The highest BCUT2D eigenvalue weighted by Crippen LogP contribution is 2.32.